The number of likely N-dealkylation sites (N-methyl/N-ethyl adjacent to an activating group) is 1. The number of thiocarbonyl (C=S) groups is 1. The quantitative estimate of drug-likeness (QED) is 0.799. The first-order valence-electron chi connectivity index (χ1n) is 5.21. The van der Waals surface area contributed by atoms with Crippen molar-refractivity contribution in [1.29, 1.82) is 0 Å². The molecule has 0 aliphatic heterocycles. The van der Waals surface area contributed by atoms with Gasteiger partial charge in [0.1, 0.15) is 5.75 Å². The van der Waals surface area contributed by atoms with Crippen molar-refractivity contribution in [3.8, 4) is 5.75 Å². The second-order valence-corrected chi connectivity index (χ2v) is 4.42. The van der Waals surface area contributed by atoms with Gasteiger partial charge in [-0.05, 0) is 26.0 Å². The number of phenols is 1. The molecule has 0 aliphatic carbocycles. The van der Waals surface area contributed by atoms with Crippen molar-refractivity contribution < 1.29 is 9.90 Å². The zero-order valence-corrected chi connectivity index (χ0v) is 10.9. The summed E-state index contributed by atoms with van der Waals surface area (Å²) in [7, 11) is 1.63. The zero-order valence-electron chi connectivity index (χ0n) is 10.1. The minimum Gasteiger partial charge on any atom is -0.508 e. The first-order valence-corrected chi connectivity index (χ1v) is 5.62. The molecular formula is C12H16N2O2S. The molecular weight excluding hydrogens is 236 g/mol. The van der Waals surface area contributed by atoms with E-state index in [9.17, 15) is 9.90 Å². The molecule has 1 aromatic rings. The summed E-state index contributed by atoms with van der Waals surface area (Å²) in [6.45, 7) is 3.46. The number of carbonyl (C=O) groups is 1. The van der Waals surface area contributed by atoms with E-state index in [0.29, 0.717) is 11.1 Å². The second kappa shape index (κ2) is 5.14. The van der Waals surface area contributed by atoms with Crippen LogP contribution < -0.4 is 5.73 Å². The Morgan fingerprint density at radius 3 is 2.65 bits per heavy atom. The first kappa shape index (κ1) is 13.4. The van der Waals surface area contributed by atoms with Gasteiger partial charge < -0.3 is 15.7 Å². The van der Waals surface area contributed by atoms with E-state index in [1.807, 2.05) is 0 Å². The van der Waals surface area contributed by atoms with Gasteiger partial charge in [0.2, 0.25) is 0 Å². The van der Waals surface area contributed by atoms with Crippen molar-refractivity contribution in [2.24, 2.45) is 5.73 Å². The van der Waals surface area contributed by atoms with E-state index in [4.69, 9.17) is 18.0 Å². The van der Waals surface area contributed by atoms with Crippen molar-refractivity contribution >= 4 is 23.1 Å². The van der Waals surface area contributed by atoms with Crippen LogP contribution in [0.15, 0.2) is 18.2 Å². The molecule has 0 spiro atoms. The Bertz CT molecular complexity index is 460. The zero-order chi connectivity index (χ0) is 13.2. The summed E-state index contributed by atoms with van der Waals surface area (Å²) in [5.74, 6) is -0.106. The smallest absolute Gasteiger partial charge is 0.254 e. The lowest BCUT2D eigenvalue weighted by Gasteiger charge is -2.24. The fourth-order valence-corrected chi connectivity index (χ4v) is 1.57. The van der Waals surface area contributed by atoms with Gasteiger partial charge in [-0.15, -0.1) is 0 Å². The molecule has 4 nitrogen and oxygen atoms in total. The maximum absolute atomic E-state index is 12.2. The van der Waals surface area contributed by atoms with Crippen LogP contribution in [0.3, 0.4) is 0 Å². The summed E-state index contributed by atoms with van der Waals surface area (Å²) in [4.78, 5) is 13.9. The maximum Gasteiger partial charge on any atom is 0.254 e. The van der Waals surface area contributed by atoms with Crippen molar-refractivity contribution in [3.05, 3.63) is 29.3 Å². The number of hydrogen-bond donors (Lipinski definition) is 2. The third-order valence-electron chi connectivity index (χ3n) is 2.85. The molecule has 1 atom stereocenters. The molecule has 17 heavy (non-hydrogen) atoms. The average Bonchev–Trinajstić information content (AvgIpc) is 2.29. The van der Waals surface area contributed by atoms with Crippen molar-refractivity contribution in [3.63, 3.8) is 0 Å². The lowest BCUT2D eigenvalue weighted by Crippen LogP contribution is -2.42. The van der Waals surface area contributed by atoms with Gasteiger partial charge >= 0.3 is 0 Å². The van der Waals surface area contributed by atoms with Crippen LogP contribution in [-0.4, -0.2) is 34.0 Å². The number of rotatable bonds is 3. The molecule has 3 N–H and O–H groups in total. The van der Waals surface area contributed by atoms with Crippen LogP contribution in [0.2, 0.25) is 0 Å². The number of aromatic hydroxyl groups is 1. The van der Waals surface area contributed by atoms with Gasteiger partial charge in [-0.2, -0.15) is 0 Å². The molecule has 0 radical (unpaired) electrons. The molecule has 0 saturated heterocycles. The van der Waals surface area contributed by atoms with Gasteiger partial charge in [-0.25, -0.2) is 0 Å². The van der Waals surface area contributed by atoms with E-state index in [1.54, 1.807) is 39.1 Å². The Morgan fingerprint density at radius 1 is 1.53 bits per heavy atom. The van der Waals surface area contributed by atoms with E-state index in [1.165, 1.54) is 4.90 Å². The van der Waals surface area contributed by atoms with Crippen LogP contribution >= 0.6 is 12.2 Å². The van der Waals surface area contributed by atoms with Gasteiger partial charge in [0.05, 0.1) is 11.0 Å². The highest BCUT2D eigenvalue weighted by Crippen LogP contribution is 2.21. The molecule has 1 amide bonds. The lowest BCUT2D eigenvalue weighted by atomic mass is 10.1. The predicted octanol–water partition coefficient (Wildman–Crippen LogP) is 1.45. The Hall–Kier alpha value is -1.62. The fraction of sp³-hybridized carbons (Fsp3) is 0.333. The van der Waals surface area contributed by atoms with E-state index in [-0.39, 0.29) is 22.7 Å². The summed E-state index contributed by atoms with van der Waals surface area (Å²) in [6, 6.07) is 4.53. The van der Waals surface area contributed by atoms with Crippen molar-refractivity contribution in [2.75, 3.05) is 7.05 Å². The Labute approximate surface area is 106 Å². The number of amides is 1. The SMILES string of the molecule is Cc1c(O)cccc1C(=O)N(C)C(C)C(N)=S. The minimum atomic E-state index is -0.320. The van der Waals surface area contributed by atoms with Gasteiger partial charge in [-0.1, -0.05) is 18.3 Å². The van der Waals surface area contributed by atoms with E-state index in [0.717, 1.165) is 0 Å². The predicted molar refractivity (Wildman–Crippen MR) is 71.2 cm³/mol. The van der Waals surface area contributed by atoms with Gasteiger partial charge in [0, 0.05) is 18.2 Å². The number of benzene rings is 1. The molecule has 5 heteroatoms. The standard InChI is InChI=1S/C12H16N2O2S/c1-7-9(5-4-6-10(7)15)12(16)14(3)8(2)11(13)17/h4-6,8,15H,1-3H3,(H2,13,17). The van der Waals surface area contributed by atoms with Crippen LogP contribution in [0.1, 0.15) is 22.8 Å². The molecule has 0 heterocycles. The molecule has 0 saturated carbocycles. The van der Waals surface area contributed by atoms with E-state index in [2.05, 4.69) is 0 Å². The van der Waals surface area contributed by atoms with Gasteiger partial charge in [0.15, 0.2) is 0 Å². The lowest BCUT2D eigenvalue weighted by molar-refractivity contribution is 0.0777. The monoisotopic (exact) mass is 252 g/mol. The van der Waals surface area contributed by atoms with Crippen LogP contribution in [0.4, 0.5) is 0 Å². The molecule has 0 aromatic heterocycles. The summed E-state index contributed by atoms with van der Waals surface area (Å²) in [5.41, 5.74) is 6.52. The molecule has 0 fully saturated rings. The van der Waals surface area contributed by atoms with Crippen LogP contribution in [-0.2, 0) is 0 Å². The Balaban J connectivity index is 3.05. The number of nitrogens with two attached hydrogens (primary N) is 1. The van der Waals surface area contributed by atoms with Gasteiger partial charge in [0.25, 0.3) is 5.91 Å². The third-order valence-corrected chi connectivity index (χ3v) is 3.19. The summed E-state index contributed by atoms with van der Waals surface area (Å²) >= 11 is 4.86. The largest absolute Gasteiger partial charge is 0.508 e. The van der Waals surface area contributed by atoms with Crippen LogP contribution in [0.25, 0.3) is 0 Å². The summed E-state index contributed by atoms with van der Waals surface area (Å²) in [6.07, 6.45) is 0. The molecule has 0 aliphatic rings. The fourth-order valence-electron chi connectivity index (χ4n) is 1.41. The summed E-state index contributed by atoms with van der Waals surface area (Å²) in [5, 5.41) is 9.56. The highest BCUT2D eigenvalue weighted by Gasteiger charge is 2.21. The second-order valence-electron chi connectivity index (χ2n) is 3.94. The summed E-state index contributed by atoms with van der Waals surface area (Å²) < 4.78 is 0. The molecule has 1 rings (SSSR count). The van der Waals surface area contributed by atoms with Crippen LogP contribution in [0, 0.1) is 6.92 Å². The number of carbonyl (C=O) groups excluding carboxylic acids is 1. The maximum atomic E-state index is 12.2. The Morgan fingerprint density at radius 2 is 2.12 bits per heavy atom. The van der Waals surface area contributed by atoms with E-state index < -0.39 is 0 Å². The van der Waals surface area contributed by atoms with Crippen molar-refractivity contribution in [2.45, 2.75) is 19.9 Å². The third kappa shape index (κ3) is 2.74. The molecule has 1 aromatic carbocycles. The van der Waals surface area contributed by atoms with E-state index >= 15 is 0 Å². The number of nitrogens with zero attached hydrogens (tertiary/aromatic N) is 1. The first-order chi connectivity index (χ1) is 7.86. The number of phenolic OH excluding ortho intramolecular Hbond substituents is 1. The normalized spacial score (nSPS) is 11.9. The Kier molecular flexibility index (Phi) is 4.07. The highest BCUT2D eigenvalue weighted by molar-refractivity contribution is 7.80. The van der Waals surface area contributed by atoms with Crippen molar-refractivity contribution in [1.82, 2.24) is 4.90 Å². The van der Waals surface area contributed by atoms with Gasteiger partial charge in [-0.3, -0.25) is 4.79 Å². The minimum absolute atomic E-state index is 0.104. The topological polar surface area (TPSA) is 66.6 Å². The average molecular weight is 252 g/mol. The molecule has 1 unspecified atom stereocenters. The molecule has 92 valence electrons. The highest BCUT2D eigenvalue weighted by atomic mass is 32.1. The molecule has 0 bridgehead atoms. The van der Waals surface area contributed by atoms with Crippen LogP contribution in [0.5, 0.6) is 5.75 Å². The number of hydrogen-bond acceptors (Lipinski definition) is 3.